The predicted octanol–water partition coefficient (Wildman–Crippen LogP) is 1.56. The Balaban J connectivity index is 2.26. The maximum Gasteiger partial charge on any atom is 0.186 e. The van der Waals surface area contributed by atoms with Crippen molar-refractivity contribution in [3.05, 3.63) is 29.8 Å². The first-order valence-electron chi connectivity index (χ1n) is 6.71. The smallest absolute Gasteiger partial charge is 0.186 e. The van der Waals surface area contributed by atoms with Crippen molar-refractivity contribution < 1.29 is 9.53 Å². The fourth-order valence-corrected chi connectivity index (χ4v) is 2.53. The van der Waals surface area contributed by atoms with Gasteiger partial charge in [0, 0.05) is 26.2 Å². The number of hydrogen-bond donors (Lipinski definition) is 1. The van der Waals surface area contributed by atoms with Gasteiger partial charge in [0.25, 0.3) is 0 Å². The van der Waals surface area contributed by atoms with Gasteiger partial charge in [-0.25, -0.2) is 0 Å². The summed E-state index contributed by atoms with van der Waals surface area (Å²) in [5, 5.41) is 3.31. The van der Waals surface area contributed by atoms with Gasteiger partial charge in [0.15, 0.2) is 5.78 Å². The Labute approximate surface area is 114 Å². The molecule has 104 valence electrons. The molecule has 2 rings (SSSR count). The molecule has 0 aliphatic carbocycles. The van der Waals surface area contributed by atoms with Crippen LogP contribution in [0.4, 0.5) is 0 Å². The van der Waals surface area contributed by atoms with Gasteiger partial charge in [0.05, 0.1) is 18.2 Å². The number of nitrogens with one attached hydrogen (secondary N) is 1. The van der Waals surface area contributed by atoms with Gasteiger partial charge in [0.2, 0.25) is 0 Å². The van der Waals surface area contributed by atoms with E-state index in [9.17, 15) is 4.79 Å². The largest absolute Gasteiger partial charge is 0.496 e. The number of hydrogen-bond acceptors (Lipinski definition) is 4. The van der Waals surface area contributed by atoms with Crippen molar-refractivity contribution in [3.63, 3.8) is 0 Å². The van der Waals surface area contributed by atoms with Crippen LogP contribution in [0.3, 0.4) is 0 Å². The Kier molecular flexibility index (Phi) is 4.22. The van der Waals surface area contributed by atoms with Crippen LogP contribution < -0.4 is 10.1 Å². The van der Waals surface area contributed by atoms with Crippen LogP contribution in [0.5, 0.6) is 5.75 Å². The molecule has 0 unspecified atom stereocenters. The van der Waals surface area contributed by atoms with Crippen molar-refractivity contribution in [1.29, 1.82) is 0 Å². The highest BCUT2D eigenvalue weighted by Crippen LogP contribution is 2.26. The third-order valence-electron chi connectivity index (χ3n) is 3.81. The summed E-state index contributed by atoms with van der Waals surface area (Å²) in [6.45, 7) is 7.65. The monoisotopic (exact) mass is 262 g/mol. The van der Waals surface area contributed by atoms with Crippen molar-refractivity contribution in [2.24, 2.45) is 0 Å². The molecule has 0 bridgehead atoms. The van der Waals surface area contributed by atoms with E-state index in [4.69, 9.17) is 4.74 Å². The average molecular weight is 262 g/mol. The van der Waals surface area contributed by atoms with Gasteiger partial charge in [0.1, 0.15) is 5.75 Å². The Morgan fingerprint density at radius 2 is 1.89 bits per heavy atom. The van der Waals surface area contributed by atoms with Gasteiger partial charge in [-0.2, -0.15) is 0 Å². The molecule has 0 aromatic heterocycles. The van der Waals surface area contributed by atoms with E-state index >= 15 is 0 Å². The normalized spacial score (nSPS) is 17.2. The van der Waals surface area contributed by atoms with Crippen LogP contribution in [-0.4, -0.2) is 49.5 Å². The topological polar surface area (TPSA) is 41.6 Å². The van der Waals surface area contributed by atoms with E-state index in [1.807, 2.05) is 38.1 Å². The molecule has 1 aliphatic rings. The number of rotatable bonds is 4. The van der Waals surface area contributed by atoms with Gasteiger partial charge in [-0.15, -0.1) is 0 Å². The minimum absolute atomic E-state index is 0.117. The van der Waals surface area contributed by atoms with E-state index in [1.165, 1.54) is 0 Å². The second kappa shape index (κ2) is 5.72. The van der Waals surface area contributed by atoms with E-state index < -0.39 is 5.54 Å². The molecule has 19 heavy (non-hydrogen) atoms. The molecular formula is C15H22N2O2. The lowest BCUT2D eigenvalue weighted by molar-refractivity contribution is 0.0599. The van der Waals surface area contributed by atoms with Gasteiger partial charge >= 0.3 is 0 Å². The number of Topliss-reactive ketones (excluding diaryl/α,β-unsaturated/α-hetero) is 1. The van der Waals surface area contributed by atoms with E-state index in [-0.39, 0.29) is 5.78 Å². The Hall–Kier alpha value is -1.39. The maximum atomic E-state index is 12.8. The van der Waals surface area contributed by atoms with Crippen LogP contribution in [-0.2, 0) is 0 Å². The molecule has 0 radical (unpaired) electrons. The summed E-state index contributed by atoms with van der Waals surface area (Å²) in [4.78, 5) is 15.0. The number of para-hydroxylation sites is 1. The molecule has 1 heterocycles. The lowest BCUT2D eigenvalue weighted by atomic mass is 9.90. The van der Waals surface area contributed by atoms with Gasteiger partial charge in [-0.05, 0) is 26.0 Å². The lowest BCUT2D eigenvalue weighted by Crippen LogP contribution is -2.57. The maximum absolute atomic E-state index is 12.8. The molecule has 1 aromatic carbocycles. The number of benzene rings is 1. The van der Waals surface area contributed by atoms with Crippen molar-refractivity contribution in [2.45, 2.75) is 19.4 Å². The van der Waals surface area contributed by atoms with Gasteiger partial charge in [-0.1, -0.05) is 12.1 Å². The number of nitrogens with zero attached hydrogens (tertiary/aromatic N) is 1. The van der Waals surface area contributed by atoms with Gasteiger partial charge < -0.3 is 10.1 Å². The van der Waals surface area contributed by atoms with Crippen LogP contribution in [0, 0.1) is 0 Å². The van der Waals surface area contributed by atoms with E-state index in [0.717, 1.165) is 26.2 Å². The molecule has 0 atom stereocenters. The SMILES string of the molecule is COc1ccccc1C(=O)C(C)(C)N1CCNCC1. The quantitative estimate of drug-likeness (QED) is 0.836. The molecule has 4 nitrogen and oxygen atoms in total. The summed E-state index contributed by atoms with van der Waals surface area (Å²) >= 11 is 0. The van der Waals surface area contributed by atoms with Crippen molar-refractivity contribution in [3.8, 4) is 5.75 Å². The highest BCUT2D eigenvalue weighted by atomic mass is 16.5. The summed E-state index contributed by atoms with van der Waals surface area (Å²) in [7, 11) is 1.60. The van der Waals surface area contributed by atoms with Crippen LogP contribution in [0.25, 0.3) is 0 Å². The molecule has 1 N–H and O–H groups in total. The van der Waals surface area contributed by atoms with Crippen LogP contribution in [0.1, 0.15) is 24.2 Å². The Morgan fingerprint density at radius 3 is 2.53 bits per heavy atom. The number of ketones is 1. The summed E-state index contributed by atoms with van der Waals surface area (Å²) < 4.78 is 5.30. The highest BCUT2D eigenvalue weighted by Gasteiger charge is 2.36. The number of piperazine rings is 1. The number of methoxy groups -OCH3 is 1. The summed E-state index contributed by atoms with van der Waals surface area (Å²) in [5.41, 5.74) is 0.157. The standard InChI is InChI=1S/C15H22N2O2/c1-15(2,17-10-8-16-9-11-17)14(18)12-6-4-5-7-13(12)19-3/h4-7,16H,8-11H2,1-3H3. The second-order valence-electron chi connectivity index (χ2n) is 5.33. The molecule has 1 fully saturated rings. The fourth-order valence-electron chi connectivity index (χ4n) is 2.53. The van der Waals surface area contributed by atoms with Crippen molar-refractivity contribution in [2.75, 3.05) is 33.3 Å². The Morgan fingerprint density at radius 1 is 1.26 bits per heavy atom. The molecule has 1 aliphatic heterocycles. The lowest BCUT2D eigenvalue weighted by Gasteiger charge is -2.40. The molecule has 1 saturated heterocycles. The van der Waals surface area contributed by atoms with Crippen molar-refractivity contribution >= 4 is 5.78 Å². The van der Waals surface area contributed by atoms with Crippen LogP contribution in [0.15, 0.2) is 24.3 Å². The zero-order valence-corrected chi connectivity index (χ0v) is 11.9. The first-order chi connectivity index (χ1) is 9.07. The van der Waals surface area contributed by atoms with Crippen molar-refractivity contribution in [1.82, 2.24) is 10.2 Å². The number of carbonyl (C=O) groups is 1. The summed E-state index contributed by atoms with van der Waals surface area (Å²) in [6.07, 6.45) is 0. The van der Waals surface area contributed by atoms with E-state index in [2.05, 4.69) is 10.2 Å². The number of carbonyl (C=O) groups excluding carboxylic acids is 1. The minimum atomic E-state index is -0.503. The van der Waals surface area contributed by atoms with Gasteiger partial charge in [-0.3, -0.25) is 9.69 Å². The first kappa shape index (κ1) is 14.0. The molecule has 0 spiro atoms. The first-order valence-corrected chi connectivity index (χ1v) is 6.71. The summed E-state index contributed by atoms with van der Waals surface area (Å²) in [5.74, 6) is 0.766. The third-order valence-corrected chi connectivity index (χ3v) is 3.81. The number of ether oxygens (including phenoxy) is 1. The van der Waals surface area contributed by atoms with Crippen LogP contribution >= 0.6 is 0 Å². The van der Waals surface area contributed by atoms with E-state index in [0.29, 0.717) is 11.3 Å². The predicted molar refractivity (Wildman–Crippen MR) is 75.8 cm³/mol. The van der Waals surface area contributed by atoms with Crippen LogP contribution in [0.2, 0.25) is 0 Å². The average Bonchev–Trinajstić information content (AvgIpc) is 2.47. The zero-order chi connectivity index (χ0) is 13.9. The fraction of sp³-hybridized carbons (Fsp3) is 0.533. The third kappa shape index (κ3) is 2.80. The second-order valence-corrected chi connectivity index (χ2v) is 5.33. The summed E-state index contributed by atoms with van der Waals surface area (Å²) in [6, 6.07) is 7.43. The van der Waals surface area contributed by atoms with E-state index in [1.54, 1.807) is 7.11 Å². The molecule has 0 saturated carbocycles. The minimum Gasteiger partial charge on any atom is -0.496 e. The molecular weight excluding hydrogens is 240 g/mol. The highest BCUT2D eigenvalue weighted by molar-refractivity contribution is 6.04. The Bertz CT molecular complexity index is 451. The molecule has 1 aromatic rings. The zero-order valence-electron chi connectivity index (χ0n) is 11.9. The molecule has 0 amide bonds. The molecule has 4 heteroatoms.